The van der Waals surface area contributed by atoms with Gasteiger partial charge in [0.15, 0.2) is 0 Å². The van der Waals surface area contributed by atoms with E-state index in [1.54, 1.807) is 9.80 Å². The Labute approximate surface area is 162 Å². The molecule has 3 aliphatic heterocycles. The zero-order valence-corrected chi connectivity index (χ0v) is 16.0. The number of morpholine rings is 1. The van der Waals surface area contributed by atoms with Crippen molar-refractivity contribution in [2.75, 3.05) is 52.5 Å². The molecule has 0 saturated carbocycles. The molecule has 0 unspecified atom stereocenters. The molecule has 10 nitrogen and oxygen atoms in total. The van der Waals surface area contributed by atoms with Crippen LogP contribution in [0.5, 0.6) is 0 Å². The van der Waals surface area contributed by atoms with E-state index in [1.165, 1.54) is 19.2 Å². The van der Waals surface area contributed by atoms with Crippen molar-refractivity contribution in [3.8, 4) is 0 Å². The monoisotopic (exact) mass is 391 g/mol. The maximum absolute atomic E-state index is 12.7. The number of amides is 2. The van der Waals surface area contributed by atoms with Gasteiger partial charge >= 0.3 is 6.09 Å². The van der Waals surface area contributed by atoms with E-state index in [0.717, 1.165) is 44.0 Å². The van der Waals surface area contributed by atoms with E-state index in [0.29, 0.717) is 19.6 Å². The number of likely N-dealkylation sites (tertiary alicyclic amines) is 1. The van der Waals surface area contributed by atoms with Gasteiger partial charge in [-0.25, -0.2) is 9.48 Å². The van der Waals surface area contributed by atoms with Crippen LogP contribution in [0.15, 0.2) is 16.9 Å². The Kier molecular flexibility index (Phi) is 5.31. The average molecular weight is 391 g/mol. The van der Waals surface area contributed by atoms with Crippen LogP contribution >= 0.6 is 0 Å². The molecule has 0 N–H and O–H groups in total. The van der Waals surface area contributed by atoms with Gasteiger partial charge in [-0.2, -0.15) is 5.10 Å². The number of carbonyl (C=O) groups excluding carboxylic acids is 2. The third-order valence-electron chi connectivity index (χ3n) is 5.57. The number of rotatable bonds is 5. The van der Waals surface area contributed by atoms with E-state index in [4.69, 9.17) is 9.47 Å². The fraction of sp³-hybridized carbons (Fsp3) is 0.667. The van der Waals surface area contributed by atoms with Crippen molar-refractivity contribution >= 4 is 12.0 Å². The summed E-state index contributed by atoms with van der Waals surface area (Å²) in [6, 6.07) is 2.63. The number of nitrogens with zero attached hydrogens (tertiary/aromatic N) is 5. The molecule has 2 amide bonds. The highest BCUT2D eigenvalue weighted by Crippen LogP contribution is 2.27. The molecule has 10 heteroatoms. The average Bonchev–Trinajstić information content (AvgIpc) is 3.22. The second-order valence-corrected chi connectivity index (χ2v) is 7.38. The summed E-state index contributed by atoms with van der Waals surface area (Å²) < 4.78 is 12.0. The van der Waals surface area contributed by atoms with Gasteiger partial charge in [0.2, 0.25) is 0 Å². The first-order chi connectivity index (χ1) is 13.5. The predicted octanol–water partition coefficient (Wildman–Crippen LogP) is -0.852. The zero-order chi connectivity index (χ0) is 19.7. The molecule has 3 fully saturated rings. The molecular formula is C18H25N5O5. The Bertz CT molecular complexity index is 806. The summed E-state index contributed by atoms with van der Waals surface area (Å²) in [4.78, 5) is 42.1. The fourth-order valence-corrected chi connectivity index (χ4v) is 4.00. The summed E-state index contributed by atoms with van der Waals surface area (Å²) >= 11 is 0. The normalized spacial score (nSPS) is 25.1. The lowest BCUT2D eigenvalue weighted by molar-refractivity contribution is 0.0362. The molecular weight excluding hydrogens is 366 g/mol. The fourth-order valence-electron chi connectivity index (χ4n) is 4.00. The van der Waals surface area contributed by atoms with Gasteiger partial charge in [0.05, 0.1) is 25.8 Å². The van der Waals surface area contributed by atoms with Gasteiger partial charge in [-0.15, -0.1) is 0 Å². The number of hydrogen-bond donors (Lipinski definition) is 0. The number of aryl methyl sites for hydroxylation is 1. The molecule has 0 aromatic carbocycles. The van der Waals surface area contributed by atoms with E-state index in [9.17, 15) is 14.4 Å². The first kappa shape index (κ1) is 18.9. The number of hydrogen-bond acceptors (Lipinski definition) is 7. The van der Waals surface area contributed by atoms with Crippen LogP contribution < -0.4 is 5.56 Å². The molecule has 0 bridgehead atoms. The van der Waals surface area contributed by atoms with Crippen molar-refractivity contribution in [1.29, 1.82) is 0 Å². The highest BCUT2D eigenvalue weighted by atomic mass is 16.6. The quantitative estimate of drug-likeness (QED) is 0.645. The van der Waals surface area contributed by atoms with Crippen molar-refractivity contribution < 1.29 is 19.1 Å². The third-order valence-corrected chi connectivity index (χ3v) is 5.57. The topological polar surface area (TPSA) is 97.2 Å². The summed E-state index contributed by atoms with van der Waals surface area (Å²) in [7, 11) is 1.51. The highest BCUT2D eigenvalue weighted by Gasteiger charge is 2.48. The Morgan fingerprint density at radius 1 is 1.18 bits per heavy atom. The number of fused-ring (bicyclic) bond motifs is 1. The summed E-state index contributed by atoms with van der Waals surface area (Å²) in [6.45, 7) is 5.64. The summed E-state index contributed by atoms with van der Waals surface area (Å²) in [5.74, 6) is -0.255. The van der Waals surface area contributed by atoms with Crippen molar-refractivity contribution in [2.45, 2.75) is 18.6 Å². The van der Waals surface area contributed by atoms with E-state index in [1.807, 2.05) is 0 Å². The van der Waals surface area contributed by atoms with Crippen LogP contribution in [-0.2, 0) is 16.5 Å². The van der Waals surface area contributed by atoms with Crippen molar-refractivity contribution in [1.82, 2.24) is 24.5 Å². The predicted molar refractivity (Wildman–Crippen MR) is 98.0 cm³/mol. The zero-order valence-electron chi connectivity index (χ0n) is 16.0. The molecule has 28 heavy (non-hydrogen) atoms. The summed E-state index contributed by atoms with van der Waals surface area (Å²) in [5.41, 5.74) is -0.0533. The maximum atomic E-state index is 12.7. The first-order valence-electron chi connectivity index (χ1n) is 9.64. The number of ether oxygens (including phenoxy) is 2. The van der Waals surface area contributed by atoms with Crippen LogP contribution in [0.25, 0.3) is 0 Å². The van der Waals surface area contributed by atoms with Crippen LogP contribution in [0.2, 0.25) is 0 Å². The Balaban J connectivity index is 1.34. The van der Waals surface area contributed by atoms with Gasteiger partial charge in [0.1, 0.15) is 11.8 Å². The van der Waals surface area contributed by atoms with Gasteiger partial charge in [-0.3, -0.25) is 19.4 Å². The second kappa shape index (κ2) is 7.88. The van der Waals surface area contributed by atoms with E-state index < -0.39 is 0 Å². The van der Waals surface area contributed by atoms with Gasteiger partial charge in [0, 0.05) is 45.8 Å². The molecule has 4 rings (SSSR count). The number of carbonyl (C=O) groups is 2. The molecule has 4 heterocycles. The largest absolute Gasteiger partial charge is 0.442 e. The molecule has 2 atom stereocenters. The Morgan fingerprint density at radius 3 is 2.71 bits per heavy atom. The van der Waals surface area contributed by atoms with Crippen LogP contribution in [0, 0.1) is 0 Å². The minimum atomic E-state index is -0.313. The number of aromatic nitrogens is 2. The standard InChI is InChI=1S/C18H25N5O5/c1-20-16(24)4-3-13(19-20)17(25)22-11-14-15(12-22)28-18(26)23(14)6-2-5-21-7-9-27-10-8-21/h3-4,14-15H,2,5-12H2,1H3/t14-,15+/m1/s1. The summed E-state index contributed by atoms with van der Waals surface area (Å²) in [5, 5.41) is 4.02. The highest BCUT2D eigenvalue weighted by molar-refractivity contribution is 5.92. The van der Waals surface area contributed by atoms with E-state index in [-0.39, 0.29) is 35.4 Å². The Morgan fingerprint density at radius 2 is 1.96 bits per heavy atom. The van der Waals surface area contributed by atoms with Crippen molar-refractivity contribution in [3.05, 3.63) is 28.2 Å². The Hall–Kier alpha value is -2.46. The van der Waals surface area contributed by atoms with Gasteiger partial charge in [0.25, 0.3) is 11.5 Å². The van der Waals surface area contributed by atoms with Gasteiger partial charge in [-0.05, 0) is 12.5 Å². The molecule has 1 aromatic heterocycles. The third kappa shape index (κ3) is 3.74. The molecule has 152 valence electrons. The maximum Gasteiger partial charge on any atom is 0.410 e. The van der Waals surface area contributed by atoms with E-state index >= 15 is 0 Å². The molecule has 0 spiro atoms. The molecule has 3 aliphatic rings. The first-order valence-corrected chi connectivity index (χ1v) is 9.64. The lowest BCUT2D eigenvalue weighted by Crippen LogP contribution is -2.42. The molecule has 3 saturated heterocycles. The minimum absolute atomic E-state index is 0.131. The van der Waals surface area contributed by atoms with Gasteiger partial charge in [-0.1, -0.05) is 0 Å². The lowest BCUT2D eigenvalue weighted by atomic mass is 10.2. The van der Waals surface area contributed by atoms with Crippen LogP contribution in [0.3, 0.4) is 0 Å². The molecule has 0 aliphatic carbocycles. The smallest absolute Gasteiger partial charge is 0.410 e. The lowest BCUT2D eigenvalue weighted by Gasteiger charge is -2.28. The van der Waals surface area contributed by atoms with Crippen molar-refractivity contribution in [3.63, 3.8) is 0 Å². The molecule has 0 radical (unpaired) electrons. The summed E-state index contributed by atoms with van der Waals surface area (Å²) in [6.07, 6.45) is 0.242. The van der Waals surface area contributed by atoms with Crippen LogP contribution in [0.1, 0.15) is 16.9 Å². The van der Waals surface area contributed by atoms with E-state index in [2.05, 4.69) is 10.00 Å². The minimum Gasteiger partial charge on any atom is -0.442 e. The van der Waals surface area contributed by atoms with Crippen LogP contribution in [-0.4, -0.2) is 101 Å². The van der Waals surface area contributed by atoms with Gasteiger partial charge < -0.3 is 14.4 Å². The molecule has 1 aromatic rings. The second-order valence-electron chi connectivity index (χ2n) is 7.38. The van der Waals surface area contributed by atoms with Crippen molar-refractivity contribution in [2.24, 2.45) is 7.05 Å². The van der Waals surface area contributed by atoms with Crippen LogP contribution in [0.4, 0.5) is 4.79 Å². The SMILES string of the molecule is Cn1nc(C(=O)N2C[C@@H]3OC(=O)N(CCCN4CCOCC4)[C@@H]3C2)ccc1=O.